The number of hydrogen-bond donors (Lipinski definition) is 1. The molecule has 0 unspecified atom stereocenters. The predicted molar refractivity (Wildman–Crippen MR) is 77.8 cm³/mol. The number of carbonyl (C=O) groups is 1. The molecule has 0 saturated heterocycles. The molecular formula is C15H19NO5. The van der Waals surface area contributed by atoms with Crippen molar-refractivity contribution in [2.45, 2.75) is 0 Å². The number of nitrogens with one attached hydrogen (secondary N) is 1. The van der Waals surface area contributed by atoms with Crippen molar-refractivity contribution in [2.24, 2.45) is 0 Å². The maximum atomic E-state index is 11.5. The molecule has 6 heteroatoms. The topological polar surface area (TPSA) is 69.8 Å². The molecule has 0 spiro atoms. The second-order valence-corrected chi connectivity index (χ2v) is 4.38. The minimum Gasteiger partial charge on any atom is -0.491 e. The number of hydrogen-bond acceptors (Lipinski definition) is 5. The average molecular weight is 293 g/mol. The Balaban J connectivity index is 1.91. The molecule has 114 valence electrons. The Bertz CT molecular complexity index is 593. The van der Waals surface area contributed by atoms with Crippen LogP contribution < -0.4 is 4.74 Å². The van der Waals surface area contributed by atoms with Crippen LogP contribution in [0.1, 0.15) is 10.5 Å². The van der Waals surface area contributed by atoms with Gasteiger partial charge in [-0.2, -0.15) is 0 Å². The van der Waals surface area contributed by atoms with E-state index in [0.29, 0.717) is 32.1 Å². The number of fused-ring (bicyclic) bond motifs is 1. The number of aromatic amines is 1. The summed E-state index contributed by atoms with van der Waals surface area (Å²) < 4.78 is 20.5. The van der Waals surface area contributed by atoms with E-state index >= 15 is 0 Å². The summed E-state index contributed by atoms with van der Waals surface area (Å²) in [4.78, 5) is 14.5. The average Bonchev–Trinajstić information content (AvgIpc) is 2.93. The third kappa shape index (κ3) is 4.21. The van der Waals surface area contributed by atoms with Gasteiger partial charge in [-0.3, -0.25) is 0 Å². The predicted octanol–water partition coefficient (Wildman–Crippen LogP) is 2.00. The van der Waals surface area contributed by atoms with Crippen LogP contribution >= 0.6 is 0 Å². The minimum absolute atomic E-state index is 0.389. The Morgan fingerprint density at radius 2 is 1.90 bits per heavy atom. The molecule has 0 bridgehead atoms. The number of rotatable bonds is 8. The first-order valence-electron chi connectivity index (χ1n) is 6.65. The number of H-pyrrole nitrogens is 1. The van der Waals surface area contributed by atoms with Gasteiger partial charge in [0, 0.05) is 24.1 Å². The Labute approximate surface area is 122 Å². The van der Waals surface area contributed by atoms with E-state index in [1.165, 1.54) is 7.11 Å². The molecule has 1 N–H and O–H groups in total. The number of methoxy groups -OCH3 is 2. The molecule has 0 fully saturated rings. The standard InChI is InChI=1S/C15H19NO5/c1-18-5-6-20-7-8-21-12-4-3-11-9-14(15(17)19-2)16-13(11)10-12/h3-4,9-10,16H,5-8H2,1-2H3. The summed E-state index contributed by atoms with van der Waals surface area (Å²) in [6, 6.07) is 7.33. The second kappa shape index (κ2) is 7.66. The molecule has 0 atom stereocenters. The Morgan fingerprint density at radius 1 is 1.10 bits per heavy atom. The fourth-order valence-electron chi connectivity index (χ4n) is 1.88. The van der Waals surface area contributed by atoms with Gasteiger partial charge >= 0.3 is 5.97 Å². The van der Waals surface area contributed by atoms with Gasteiger partial charge in [0.2, 0.25) is 0 Å². The number of ether oxygens (including phenoxy) is 4. The first-order valence-corrected chi connectivity index (χ1v) is 6.65. The molecule has 1 aromatic heterocycles. The second-order valence-electron chi connectivity index (χ2n) is 4.38. The maximum absolute atomic E-state index is 11.5. The first-order chi connectivity index (χ1) is 10.2. The fraction of sp³-hybridized carbons (Fsp3) is 0.400. The zero-order valence-electron chi connectivity index (χ0n) is 12.2. The highest BCUT2D eigenvalue weighted by Crippen LogP contribution is 2.21. The monoisotopic (exact) mass is 293 g/mol. The van der Waals surface area contributed by atoms with E-state index in [9.17, 15) is 4.79 Å². The van der Waals surface area contributed by atoms with E-state index < -0.39 is 0 Å². The SMILES string of the molecule is COCCOCCOc1ccc2cc(C(=O)OC)[nH]c2c1. The molecule has 2 rings (SSSR count). The Kier molecular flexibility index (Phi) is 5.59. The molecule has 0 amide bonds. The van der Waals surface area contributed by atoms with Crippen LogP contribution in [0.15, 0.2) is 24.3 Å². The van der Waals surface area contributed by atoms with Crippen molar-refractivity contribution in [3.8, 4) is 5.75 Å². The molecule has 0 aliphatic carbocycles. The van der Waals surface area contributed by atoms with Crippen molar-refractivity contribution < 1.29 is 23.7 Å². The van der Waals surface area contributed by atoms with Crippen LogP contribution in [0.25, 0.3) is 10.9 Å². The third-order valence-corrected chi connectivity index (χ3v) is 2.93. The largest absolute Gasteiger partial charge is 0.491 e. The Morgan fingerprint density at radius 3 is 2.67 bits per heavy atom. The van der Waals surface area contributed by atoms with Gasteiger partial charge < -0.3 is 23.9 Å². The Hall–Kier alpha value is -2.05. The summed E-state index contributed by atoms with van der Waals surface area (Å²) in [7, 11) is 2.99. The quantitative estimate of drug-likeness (QED) is 0.595. The highest BCUT2D eigenvalue weighted by Gasteiger charge is 2.09. The molecular weight excluding hydrogens is 274 g/mol. The molecule has 6 nitrogen and oxygen atoms in total. The van der Waals surface area contributed by atoms with Gasteiger partial charge in [-0.15, -0.1) is 0 Å². The molecule has 0 aliphatic heterocycles. The van der Waals surface area contributed by atoms with Crippen LogP contribution in [0.4, 0.5) is 0 Å². The summed E-state index contributed by atoms with van der Waals surface area (Å²) in [5, 5.41) is 0.930. The van der Waals surface area contributed by atoms with Crippen LogP contribution in [-0.2, 0) is 14.2 Å². The van der Waals surface area contributed by atoms with Gasteiger partial charge in [-0.1, -0.05) is 0 Å². The smallest absolute Gasteiger partial charge is 0.354 e. The zero-order valence-corrected chi connectivity index (χ0v) is 12.2. The number of esters is 1. The molecule has 21 heavy (non-hydrogen) atoms. The first kappa shape index (κ1) is 15.3. The molecule has 0 saturated carbocycles. The van der Waals surface area contributed by atoms with Crippen molar-refractivity contribution >= 4 is 16.9 Å². The number of benzene rings is 1. The van der Waals surface area contributed by atoms with Crippen LogP contribution in [0.3, 0.4) is 0 Å². The van der Waals surface area contributed by atoms with Gasteiger partial charge in [0.05, 0.1) is 26.9 Å². The molecule has 1 aromatic carbocycles. The van der Waals surface area contributed by atoms with Crippen molar-refractivity contribution in [1.82, 2.24) is 4.98 Å². The van der Waals surface area contributed by atoms with Crippen molar-refractivity contribution in [1.29, 1.82) is 0 Å². The van der Waals surface area contributed by atoms with E-state index in [0.717, 1.165) is 16.7 Å². The van der Waals surface area contributed by atoms with Gasteiger partial charge in [-0.25, -0.2) is 4.79 Å². The lowest BCUT2D eigenvalue weighted by Crippen LogP contribution is -2.09. The highest BCUT2D eigenvalue weighted by atomic mass is 16.5. The van der Waals surface area contributed by atoms with Gasteiger partial charge in [-0.05, 0) is 18.2 Å². The van der Waals surface area contributed by atoms with Gasteiger partial charge in [0.25, 0.3) is 0 Å². The molecule has 1 heterocycles. The highest BCUT2D eigenvalue weighted by molar-refractivity contribution is 5.95. The van der Waals surface area contributed by atoms with E-state index in [-0.39, 0.29) is 5.97 Å². The summed E-state index contributed by atoms with van der Waals surface area (Å²) in [6.07, 6.45) is 0. The number of carbonyl (C=O) groups excluding carboxylic acids is 1. The lowest BCUT2D eigenvalue weighted by molar-refractivity contribution is 0.0544. The van der Waals surface area contributed by atoms with Crippen LogP contribution in [0, 0.1) is 0 Å². The fourth-order valence-corrected chi connectivity index (χ4v) is 1.88. The summed E-state index contributed by atoms with van der Waals surface area (Å²) in [5.41, 5.74) is 1.25. The van der Waals surface area contributed by atoms with Crippen LogP contribution in [0.5, 0.6) is 5.75 Å². The van der Waals surface area contributed by atoms with Gasteiger partial charge in [0.1, 0.15) is 18.1 Å². The normalized spacial score (nSPS) is 10.8. The lowest BCUT2D eigenvalue weighted by Gasteiger charge is -2.07. The van der Waals surface area contributed by atoms with Crippen LogP contribution in [0.2, 0.25) is 0 Å². The van der Waals surface area contributed by atoms with E-state index in [1.807, 2.05) is 18.2 Å². The summed E-state index contributed by atoms with van der Waals surface area (Å²) in [6.45, 7) is 2.09. The zero-order chi connectivity index (χ0) is 15.1. The van der Waals surface area contributed by atoms with E-state index in [2.05, 4.69) is 9.72 Å². The van der Waals surface area contributed by atoms with Crippen molar-refractivity contribution in [3.63, 3.8) is 0 Å². The van der Waals surface area contributed by atoms with Crippen LogP contribution in [-0.4, -0.2) is 51.6 Å². The summed E-state index contributed by atoms with van der Waals surface area (Å²) in [5.74, 6) is 0.330. The molecule has 2 aromatic rings. The van der Waals surface area contributed by atoms with E-state index in [1.54, 1.807) is 13.2 Å². The third-order valence-electron chi connectivity index (χ3n) is 2.93. The van der Waals surface area contributed by atoms with Crippen molar-refractivity contribution in [3.05, 3.63) is 30.0 Å². The molecule has 0 aliphatic rings. The summed E-state index contributed by atoms with van der Waals surface area (Å²) >= 11 is 0. The number of aromatic nitrogens is 1. The maximum Gasteiger partial charge on any atom is 0.354 e. The van der Waals surface area contributed by atoms with E-state index in [4.69, 9.17) is 14.2 Å². The van der Waals surface area contributed by atoms with Crippen molar-refractivity contribution in [2.75, 3.05) is 40.6 Å². The molecule has 0 radical (unpaired) electrons. The lowest BCUT2D eigenvalue weighted by atomic mass is 10.2. The van der Waals surface area contributed by atoms with Gasteiger partial charge in [0.15, 0.2) is 0 Å². The minimum atomic E-state index is -0.389.